The van der Waals surface area contributed by atoms with Crippen LogP contribution in [0.3, 0.4) is 0 Å². The van der Waals surface area contributed by atoms with E-state index in [0.717, 1.165) is 6.42 Å². The van der Waals surface area contributed by atoms with E-state index in [-0.39, 0.29) is 0 Å². The molecule has 2 heteroatoms. The second-order valence-corrected chi connectivity index (χ2v) is 4.61. The minimum absolute atomic E-state index is 0.969. The van der Waals surface area contributed by atoms with Crippen LogP contribution >= 0.6 is 22.7 Å². The predicted octanol–water partition coefficient (Wildman–Crippen LogP) is 4.21. The van der Waals surface area contributed by atoms with Crippen LogP contribution in [0.2, 0.25) is 0 Å². The molecule has 0 fully saturated rings. The summed E-state index contributed by atoms with van der Waals surface area (Å²) in [5.74, 6) is 0. The molecule has 0 bridgehead atoms. The van der Waals surface area contributed by atoms with Gasteiger partial charge in [0, 0.05) is 9.75 Å². The van der Waals surface area contributed by atoms with Crippen molar-refractivity contribution in [2.45, 2.75) is 6.42 Å². The lowest BCUT2D eigenvalue weighted by Gasteiger charge is -1.96. The molecule has 0 aliphatic carbocycles. The monoisotopic (exact) mass is 206 g/mol. The zero-order valence-electron chi connectivity index (χ0n) is 7.19. The number of allylic oxidation sites excluding steroid dienone is 1. The Bertz CT molecular complexity index is 382. The average Bonchev–Trinajstić information content (AvgIpc) is 2.71. The van der Waals surface area contributed by atoms with Gasteiger partial charge in [0.1, 0.15) is 0 Å². The highest BCUT2D eigenvalue weighted by Crippen LogP contribution is 2.33. The van der Waals surface area contributed by atoms with Gasteiger partial charge in [-0.05, 0) is 34.9 Å². The maximum Gasteiger partial charge on any atom is 0.0477 e. The minimum atomic E-state index is 0.969. The third-order valence-electron chi connectivity index (χ3n) is 1.86. The fourth-order valence-corrected chi connectivity index (χ4v) is 3.12. The predicted molar refractivity (Wildman–Crippen MR) is 61.5 cm³/mol. The fourth-order valence-electron chi connectivity index (χ4n) is 1.28. The molecular formula is C11H10S2. The first kappa shape index (κ1) is 8.73. The first-order valence-corrected chi connectivity index (χ1v) is 5.89. The van der Waals surface area contributed by atoms with E-state index in [1.807, 2.05) is 17.4 Å². The van der Waals surface area contributed by atoms with Gasteiger partial charge < -0.3 is 0 Å². The van der Waals surface area contributed by atoms with Gasteiger partial charge in [0.25, 0.3) is 0 Å². The molecule has 2 heterocycles. The zero-order valence-corrected chi connectivity index (χ0v) is 8.83. The lowest BCUT2D eigenvalue weighted by molar-refractivity contribution is 1.31. The Morgan fingerprint density at radius 1 is 1.23 bits per heavy atom. The van der Waals surface area contributed by atoms with Crippen molar-refractivity contribution in [2.24, 2.45) is 0 Å². The van der Waals surface area contributed by atoms with Crippen LogP contribution in [0.5, 0.6) is 0 Å². The summed E-state index contributed by atoms with van der Waals surface area (Å²) in [7, 11) is 0. The van der Waals surface area contributed by atoms with Crippen molar-refractivity contribution < 1.29 is 0 Å². The molecular weight excluding hydrogens is 196 g/mol. The van der Waals surface area contributed by atoms with Crippen LogP contribution in [0.25, 0.3) is 9.75 Å². The topological polar surface area (TPSA) is 0 Å². The fraction of sp³-hybridized carbons (Fsp3) is 0.0909. The third-order valence-corrected chi connectivity index (χ3v) is 3.86. The molecule has 66 valence electrons. The van der Waals surface area contributed by atoms with Crippen LogP contribution in [0, 0.1) is 0 Å². The highest BCUT2D eigenvalue weighted by atomic mass is 32.1. The van der Waals surface area contributed by atoms with E-state index in [0.29, 0.717) is 0 Å². The van der Waals surface area contributed by atoms with Crippen LogP contribution in [0.1, 0.15) is 5.56 Å². The maximum absolute atomic E-state index is 3.77. The summed E-state index contributed by atoms with van der Waals surface area (Å²) in [6, 6.07) is 6.45. The van der Waals surface area contributed by atoms with Crippen molar-refractivity contribution in [3.63, 3.8) is 0 Å². The molecule has 0 aliphatic heterocycles. The highest BCUT2D eigenvalue weighted by Gasteiger charge is 2.05. The van der Waals surface area contributed by atoms with Crippen molar-refractivity contribution in [2.75, 3.05) is 0 Å². The molecule has 0 amide bonds. The number of rotatable bonds is 3. The normalized spacial score (nSPS) is 10.2. The van der Waals surface area contributed by atoms with Gasteiger partial charge in [-0.3, -0.25) is 0 Å². The van der Waals surface area contributed by atoms with Crippen LogP contribution in [-0.2, 0) is 6.42 Å². The minimum Gasteiger partial charge on any atom is -0.143 e. The molecule has 0 saturated heterocycles. The van der Waals surface area contributed by atoms with Crippen LogP contribution in [0.15, 0.2) is 41.6 Å². The number of hydrogen-bond acceptors (Lipinski definition) is 2. The largest absolute Gasteiger partial charge is 0.143 e. The Balaban J connectivity index is 2.40. The smallest absolute Gasteiger partial charge is 0.0477 e. The van der Waals surface area contributed by atoms with Gasteiger partial charge >= 0.3 is 0 Å². The van der Waals surface area contributed by atoms with E-state index in [2.05, 4.69) is 35.5 Å². The van der Waals surface area contributed by atoms with Crippen LogP contribution in [-0.4, -0.2) is 0 Å². The summed E-state index contributed by atoms with van der Waals surface area (Å²) in [5.41, 5.74) is 1.39. The van der Waals surface area contributed by atoms with Crippen LogP contribution < -0.4 is 0 Å². The lowest BCUT2D eigenvalue weighted by Crippen LogP contribution is -1.77. The Hall–Kier alpha value is -0.860. The van der Waals surface area contributed by atoms with Crippen molar-refractivity contribution in [3.8, 4) is 9.75 Å². The second kappa shape index (κ2) is 3.90. The maximum atomic E-state index is 3.77. The molecule has 0 aliphatic rings. The van der Waals surface area contributed by atoms with Crippen molar-refractivity contribution in [1.82, 2.24) is 0 Å². The lowest BCUT2D eigenvalue weighted by atomic mass is 10.2. The molecule has 0 N–H and O–H groups in total. The summed E-state index contributed by atoms with van der Waals surface area (Å²) in [4.78, 5) is 2.77. The molecule has 2 aromatic rings. The van der Waals surface area contributed by atoms with Gasteiger partial charge in [-0.15, -0.1) is 29.3 Å². The molecule has 0 nitrogen and oxygen atoms in total. The standard InChI is InChI=1S/C11H10S2/c1-2-4-9-6-8-13-11(9)10-5-3-7-12-10/h2-3,5-8H,1,4H2. The quantitative estimate of drug-likeness (QED) is 0.660. The molecule has 0 atom stereocenters. The molecule has 0 radical (unpaired) electrons. The van der Waals surface area contributed by atoms with Gasteiger partial charge in [-0.2, -0.15) is 0 Å². The Kier molecular flexibility index (Phi) is 2.62. The average molecular weight is 206 g/mol. The van der Waals surface area contributed by atoms with Crippen molar-refractivity contribution >= 4 is 22.7 Å². The second-order valence-electron chi connectivity index (χ2n) is 2.75. The van der Waals surface area contributed by atoms with Crippen molar-refractivity contribution in [3.05, 3.63) is 47.2 Å². The Labute approximate surface area is 86.2 Å². The van der Waals surface area contributed by atoms with E-state index >= 15 is 0 Å². The van der Waals surface area contributed by atoms with Crippen molar-refractivity contribution in [1.29, 1.82) is 0 Å². The van der Waals surface area contributed by atoms with E-state index in [9.17, 15) is 0 Å². The number of thiophene rings is 2. The summed E-state index contributed by atoms with van der Waals surface area (Å²) in [6.45, 7) is 3.77. The zero-order chi connectivity index (χ0) is 9.10. The van der Waals surface area contributed by atoms with Gasteiger partial charge in [0.05, 0.1) is 0 Å². The van der Waals surface area contributed by atoms with E-state index in [1.54, 1.807) is 11.3 Å². The first-order valence-electron chi connectivity index (χ1n) is 4.13. The third kappa shape index (κ3) is 1.74. The summed E-state index contributed by atoms with van der Waals surface area (Å²) < 4.78 is 0. The molecule has 2 rings (SSSR count). The summed E-state index contributed by atoms with van der Waals surface area (Å²) >= 11 is 3.61. The van der Waals surface area contributed by atoms with Gasteiger partial charge in [0.15, 0.2) is 0 Å². The van der Waals surface area contributed by atoms with Gasteiger partial charge in [0.2, 0.25) is 0 Å². The Morgan fingerprint density at radius 2 is 2.15 bits per heavy atom. The molecule has 0 saturated carbocycles. The van der Waals surface area contributed by atoms with E-state index < -0.39 is 0 Å². The molecule has 13 heavy (non-hydrogen) atoms. The van der Waals surface area contributed by atoms with E-state index in [1.165, 1.54) is 15.3 Å². The molecule has 0 spiro atoms. The SMILES string of the molecule is C=CCc1ccsc1-c1cccs1. The number of hydrogen-bond donors (Lipinski definition) is 0. The highest BCUT2D eigenvalue weighted by molar-refractivity contribution is 7.20. The summed E-state index contributed by atoms with van der Waals surface area (Å²) in [6.07, 6.45) is 2.93. The van der Waals surface area contributed by atoms with Gasteiger partial charge in [-0.25, -0.2) is 0 Å². The summed E-state index contributed by atoms with van der Waals surface area (Å²) in [5, 5.41) is 4.26. The van der Waals surface area contributed by atoms with Crippen LogP contribution in [0.4, 0.5) is 0 Å². The molecule has 0 unspecified atom stereocenters. The Morgan fingerprint density at radius 3 is 2.85 bits per heavy atom. The first-order chi connectivity index (χ1) is 6.42. The van der Waals surface area contributed by atoms with Gasteiger partial charge in [-0.1, -0.05) is 12.1 Å². The molecule has 2 aromatic heterocycles. The van der Waals surface area contributed by atoms with E-state index in [4.69, 9.17) is 0 Å². The molecule has 0 aromatic carbocycles.